The van der Waals surface area contributed by atoms with Crippen LogP contribution < -0.4 is 5.56 Å². The minimum absolute atomic E-state index is 0.0588. The van der Waals surface area contributed by atoms with Crippen molar-refractivity contribution in [3.8, 4) is 6.07 Å². The lowest BCUT2D eigenvalue weighted by Crippen LogP contribution is -2.09. The number of benzene rings is 3. The third-order valence-electron chi connectivity index (χ3n) is 4.58. The topological polar surface area (TPSA) is 99.8 Å². The lowest BCUT2D eigenvalue weighted by molar-refractivity contribution is -0.384. The molecule has 1 N–H and O–H groups in total. The number of aromatic nitrogens is 1. The molecule has 1 heterocycles. The van der Waals surface area contributed by atoms with Gasteiger partial charge in [0, 0.05) is 23.1 Å². The van der Waals surface area contributed by atoms with Crippen molar-refractivity contribution in [2.45, 2.75) is 0 Å². The maximum Gasteiger partial charge on any atom is 0.269 e. The Bertz CT molecular complexity index is 1360. The van der Waals surface area contributed by atoms with Crippen molar-refractivity contribution in [1.29, 1.82) is 5.26 Å². The lowest BCUT2D eigenvalue weighted by Gasteiger charge is -2.05. The van der Waals surface area contributed by atoms with Crippen LogP contribution in [0.4, 0.5) is 5.69 Å². The molecular weight excluding hydrogens is 354 g/mol. The van der Waals surface area contributed by atoms with E-state index in [1.54, 1.807) is 6.07 Å². The molecule has 0 saturated heterocycles. The molecular formula is C22H13N3O3. The minimum Gasteiger partial charge on any atom is -0.321 e. The summed E-state index contributed by atoms with van der Waals surface area (Å²) < 4.78 is 0. The molecule has 4 rings (SSSR count). The summed E-state index contributed by atoms with van der Waals surface area (Å²) >= 11 is 0. The van der Waals surface area contributed by atoms with E-state index >= 15 is 0 Å². The number of nitro groups is 1. The lowest BCUT2D eigenvalue weighted by atomic mass is 10.0. The zero-order valence-electron chi connectivity index (χ0n) is 14.5. The summed E-state index contributed by atoms with van der Waals surface area (Å²) in [6, 6.07) is 21.1. The molecule has 0 radical (unpaired) electrons. The van der Waals surface area contributed by atoms with Gasteiger partial charge in [0.2, 0.25) is 0 Å². The van der Waals surface area contributed by atoms with Crippen LogP contribution >= 0.6 is 0 Å². The van der Waals surface area contributed by atoms with E-state index in [1.165, 1.54) is 30.3 Å². The molecule has 6 heteroatoms. The maximum absolute atomic E-state index is 12.6. The average molecular weight is 367 g/mol. The molecule has 0 spiro atoms. The first-order valence-electron chi connectivity index (χ1n) is 8.48. The molecule has 0 saturated carbocycles. The summed E-state index contributed by atoms with van der Waals surface area (Å²) in [5, 5.41) is 23.1. The van der Waals surface area contributed by atoms with Crippen molar-refractivity contribution in [3.63, 3.8) is 0 Å². The Morgan fingerprint density at radius 1 is 1.04 bits per heavy atom. The van der Waals surface area contributed by atoms with Crippen molar-refractivity contribution in [2.75, 3.05) is 0 Å². The van der Waals surface area contributed by atoms with Gasteiger partial charge in [-0.05, 0) is 40.6 Å². The van der Waals surface area contributed by atoms with E-state index in [0.717, 1.165) is 21.7 Å². The Hall–Kier alpha value is -4.24. The first-order valence-corrected chi connectivity index (χ1v) is 8.48. The molecule has 0 amide bonds. The van der Waals surface area contributed by atoms with E-state index in [-0.39, 0.29) is 16.8 Å². The quantitative estimate of drug-likeness (QED) is 0.246. The molecule has 6 nitrogen and oxygen atoms in total. The van der Waals surface area contributed by atoms with Crippen molar-refractivity contribution >= 4 is 39.0 Å². The van der Waals surface area contributed by atoms with Crippen LogP contribution in [0.15, 0.2) is 71.5 Å². The van der Waals surface area contributed by atoms with Crippen LogP contribution in [0.3, 0.4) is 0 Å². The van der Waals surface area contributed by atoms with Gasteiger partial charge in [-0.25, -0.2) is 0 Å². The molecule has 0 aliphatic rings. The molecule has 4 aromatic rings. The number of nitrogens with zero attached hydrogens (tertiary/aromatic N) is 2. The molecule has 0 aliphatic heterocycles. The van der Waals surface area contributed by atoms with Gasteiger partial charge in [0.25, 0.3) is 11.2 Å². The fourth-order valence-electron chi connectivity index (χ4n) is 3.17. The Balaban J connectivity index is 1.84. The van der Waals surface area contributed by atoms with E-state index < -0.39 is 4.92 Å². The van der Waals surface area contributed by atoms with Crippen LogP contribution in [0, 0.1) is 21.4 Å². The number of hydrogen-bond acceptors (Lipinski definition) is 4. The molecule has 134 valence electrons. The summed E-state index contributed by atoms with van der Waals surface area (Å²) in [6.45, 7) is 0. The van der Waals surface area contributed by atoms with Crippen molar-refractivity contribution in [3.05, 3.63) is 98.3 Å². The van der Waals surface area contributed by atoms with Crippen molar-refractivity contribution < 1.29 is 4.92 Å². The van der Waals surface area contributed by atoms with Crippen LogP contribution in [0.2, 0.25) is 0 Å². The van der Waals surface area contributed by atoms with Gasteiger partial charge in [-0.2, -0.15) is 5.26 Å². The summed E-state index contributed by atoms with van der Waals surface area (Å²) in [7, 11) is 0. The normalized spacial score (nSPS) is 11.5. The number of H-pyrrole nitrogens is 1. The monoisotopic (exact) mass is 367 g/mol. The van der Waals surface area contributed by atoms with Crippen LogP contribution in [0.5, 0.6) is 0 Å². The number of pyridine rings is 1. The van der Waals surface area contributed by atoms with Gasteiger partial charge in [0.15, 0.2) is 0 Å². The molecule has 1 aromatic heterocycles. The summed E-state index contributed by atoms with van der Waals surface area (Å²) in [6.07, 6.45) is 1.49. The van der Waals surface area contributed by atoms with E-state index in [1.807, 2.05) is 36.4 Å². The zero-order chi connectivity index (χ0) is 19.7. The van der Waals surface area contributed by atoms with Gasteiger partial charge >= 0.3 is 0 Å². The van der Waals surface area contributed by atoms with Gasteiger partial charge in [0.05, 0.1) is 22.1 Å². The minimum atomic E-state index is -0.502. The summed E-state index contributed by atoms with van der Waals surface area (Å²) in [4.78, 5) is 25.8. The number of aromatic amines is 1. The van der Waals surface area contributed by atoms with E-state index in [4.69, 9.17) is 0 Å². The third-order valence-corrected chi connectivity index (χ3v) is 4.58. The highest BCUT2D eigenvalue weighted by atomic mass is 16.6. The second kappa shape index (κ2) is 6.82. The summed E-state index contributed by atoms with van der Waals surface area (Å²) in [5.74, 6) is 0. The van der Waals surface area contributed by atoms with Crippen LogP contribution in [-0.4, -0.2) is 9.91 Å². The fourth-order valence-corrected chi connectivity index (χ4v) is 3.17. The number of rotatable bonds is 3. The molecule has 0 bridgehead atoms. The average Bonchev–Trinajstić information content (AvgIpc) is 2.72. The molecule has 28 heavy (non-hydrogen) atoms. The van der Waals surface area contributed by atoms with E-state index in [2.05, 4.69) is 11.1 Å². The van der Waals surface area contributed by atoms with Crippen LogP contribution in [-0.2, 0) is 0 Å². The van der Waals surface area contributed by atoms with Gasteiger partial charge < -0.3 is 4.98 Å². The number of nitrogens with one attached hydrogen (secondary N) is 1. The van der Waals surface area contributed by atoms with Gasteiger partial charge in [0.1, 0.15) is 0 Å². The van der Waals surface area contributed by atoms with Gasteiger partial charge in [-0.15, -0.1) is 0 Å². The highest BCUT2D eigenvalue weighted by Crippen LogP contribution is 2.25. The number of hydrogen-bond donors (Lipinski definition) is 1. The van der Waals surface area contributed by atoms with Gasteiger partial charge in [-0.1, -0.05) is 36.4 Å². The Morgan fingerprint density at radius 3 is 2.46 bits per heavy atom. The van der Waals surface area contributed by atoms with Crippen LogP contribution in [0.1, 0.15) is 11.1 Å². The Morgan fingerprint density at radius 2 is 1.75 bits per heavy atom. The molecule has 0 atom stereocenters. The van der Waals surface area contributed by atoms with E-state index in [0.29, 0.717) is 11.1 Å². The smallest absolute Gasteiger partial charge is 0.269 e. The van der Waals surface area contributed by atoms with Crippen LogP contribution in [0.25, 0.3) is 33.3 Å². The molecule has 0 unspecified atom stereocenters. The second-order valence-electron chi connectivity index (χ2n) is 6.28. The summed E-state index contributed by atoms with van der Waals surface area (Å²) in [5.41, 5.74) is 1.48. The van der Waals surface area contributed by atoms with Crippen molar-refractivity contribution in [1.82, 2.24) is 4.98 Å². The highest BCUT2D eigenvalue weighted by molar-refractivity contribution is 6.05. The largest absolute Gasteiger partial charge is 0.321 e. The SMILES string of the molecule is N#C/C(=C\c1cc2ccc3ccccc3c2[nH]c1=O)c1ccc([N+](=O)[O-])cc1. The number of non-ortho nitro benzene ring substituents is 1. The molecule has 3 aromatic carbocycles. The van der Waals surface area contributed by atoms with Gasteiger partial charge in [-0.3, -0.25) is 14.9 Å². The zero-order valence-corrected chi connectivity index (χ0v) is 14.5. The first-order chi connectivity index (χ1) is 13.6. The maximum atomic E-state index is 12.6. The number of fused-ring (bicyclic) bond motifs is 3. The Labute approximate surface area is 159 Å². The van der Waals surface area contributed by atoms with Crippen molar-refractivity contribution in [2.24, 2.45) is 0 Å². The standard InChI is InChI=1S/C22H13N3O3/c23-13-18(14-7-9-19(10-8-14)25(27)28)12-17-11-16-6-5-15-3-1-2-4-20(15)21(16)24-22(17)26/h1-12H,(H,24,26)/b18-12+. The van der Waals surface area contributed by atoms with E-state index in [9.17, 15) is 20.2 Å². The number of nitriles is 1. The number of nitro benzene ring substituents is 1. The second-order valence-corrected chi connectivity index (χ2v) is 6.28. The fraction of sp³-hybridized carbons (Fsp3) is 0. The molecule has 0 fully saturated rings. The number of allylic oxidation sites excluding steroid dienone is 1. The third kappa shape index (κ3) is 3.02. The predicted molar refractivity (Wildman–Crippen MR) is 109 cm³/mol. The molecule has 0 aliphatic carbocycles. The Kier molecular flexibility index (Phi) is 4.18. The predicted octanol–water partition coefficient (Wildman–Crippen LogP) is 4.65. The first kappa shape index (κ1) is 17.2. The highest BCUT2D eigenvalue weighted by Gasteiger charge is 2.09.